The smallest absolute Gasteiger partial charge is 0.0315 e. The van der Waals surface area contributed by atoms with Gasteiger partial charge in [-0.1, -0.05) is 24.5 Å². The Morgan fingerprint density at radius 1 is 1.25 bits per heavy atom. The molecule has 1 aromatic carbocycles. The van der Waals surface area contributed by atoms with Crippen LogP contribution in [-0.2, 0) is 0 Å². The summed E-state index contributed by atoms with van der Waals surface area (Å²) < 4.78 is 0. The molecule has 0 N–H and O–H groups in total. The van der Waals surface area contributed by atoms with Crippen molar-refractivity contribution in [1.82, 2.24) is 0 Å². The molecule has 0 radical (unpaired) electrons. The zero-order valence-corrected chi connectivity index (χ0v) is 6.67. The van der Waals surface area contributed by atoms with Gasteiger partial charge in [-0.05, 0) is 23.8 Å². The van der Waals surface area contributed by atoms with E-state index < -0.39 is 0 Å². The first-order chi connectivity index (χ1) is 5.81. The standard InChI is InChI=1S/C12H8/c1-4-10-7-8-11(5-2)12(6-3)9-10/h1-2,6-9H,3H2. The molecule has 0 atom stereocenters. The van der Waals surface area contributed by atoms with Crippen LogP contribution in [0.2, 0.25) is 0 Å². The van der Waals surface area contributed by atoms with Crippen LogP contribution >= 0.6 is 0 Å². The maximum Gasteiger partial charge on any atom is 0.0315 e. The average Bonchev–Trinajstić information content (AvgIpc) is 2.16. The van der Waals surface area contributed by atoms with Crippen LogP contribution in [0.5, 0.6) is 0 Å². The highest BCUT2D eigenvalue weighted by Crippen LogP contribution is 2.11. The van der Waals surface area contributed by atoms with Crippen LogP contribution in [0.1, 0.15) is 16.7 Å². The maximum atomic E-state index is 5.27. The largest absolute Gasteiger partial charge is 0.115 e. The van der Waals surface area contributed by atoms with Crippen molar-refractivity contribution in [1.29, 1.82) is 0 Å². The third-order valence-electron chi connectivity index (χ3n) is 1.59. The summed E-state index contributed by atoms with van der Waals surface area (Å²) >= 11 is 0. The normalized spacial score (nSPS) is 8.17. The monoisotopic (exact) mass is 152 g/mol. The van der Waals surface area contributed by atoms with Gasteiger partial charge in [-0.3, -0.25) is 0 Å². The minimum atomic E-state index is 0.823. The molecule has 56 valence electrons. The Morgan fingerprint density at radius 2 is 2.00 bits per heavy atom. The molecule has 0 nitrogen and oxygen atoms in total. The Kier molecular flexibility index (Phi) is 2.36. The van der Waals surface area contributed by atoms with Crippen molar-refractivity contribution in [2.75, 3.05) is 0 Å². The van der Waals surface area contributed by atoms with Gasteiger partial charge in [0, 0.05) is 11.1 Å². The second-order valence-electron chi connectivity index (χ2n) is 2.29. The third-order valence-corrected chi connectivity index (χ3v) is 1.59. The van der Waals surface area contributed by atoms with Gasteiger partial charge in [-0.2, -0.15) is 0 Å². The zero-order valence-electron chi connectivity index (χ0n) is 6.67. The molecular weight excluding hydrogens is 144 g/mol. The summed E-state index contributed by atoms with van der Waals surface area (Å²) in [6.45, 7) is 3.65. The lowest BCUT2D eigenvalue weighted by Crippen LogP contribution is -1.83. The maximum absolute atomic E-state index is 5.27. The van der Waals surface area contributed by atoms with Crippen molar-refractivity contribution < 1.29 is 0 Å². The quantitative estimate of drug-likeness (QED) is 0.541. The van der Waals surface area contributed by atoms with E-state index in [-0.39, 0.29) is 0 Å². The highest BCUT2D eigenvalue weighted by Gasteiger charge is 1.95. The highest BCUT2D eigenvalue weighted by atomic mass is 14.0. The van der Waals surface area contributed by atoms with Gasteiger partial charge in [-0.25, -0.2) is 0 Å². The van der Waals surface area contributed by atoms with E-state index in [4.69, 9.17) is 12.8 Å². The van der Waals surface area contributed by atoms with Crippen molar-refractivity contribution in [3.8, 4) is 24.7 Å². The highest BCUT2D eigenvalue weighted by molar-refractivity contribution is 5.60. The van der Waals surface area contributed by atoms with Crippen molar-refractivity contribution in [3.63, 3.8) is 0 Å². The van der Waals surface area contributed by atoms with Crippen LogP contribution in [0, 0.1) is 24.7 Å². The molecule has 0 saturated heterocycles. The molecule has 1 rings (SSSR count). The molecule has 1 aromatic rings. The van der Waals surface area contributed by atoms with Gasteiger partial charge in [0.25, 0.3) is 0 Å². The van der Waals surface area contributed by atoms with Crippen molar-refractivity contribution in [2.24, 2.45) is 0 Å². The van der Waals surface area contributed by atoms with Crippen LogP contribution in [0.4, 0.5) is 0 Å². The van der Waals surface area contributed by atoms with E-state index in [2.05, 4.69) is 18.4 Å². The van der Waals surface area contributed by atoms with E-state index in [1.807, 2.05) is 18.2 Å². The first kappa shape index (κ1) is 8.18. The summed E-state index contributed by atoms with van der Waals surface area (Å²) in [5.41, 5.74) is 2.56. The van der Waals surface area contributed by atoms with E-state index >= 15 is 0 Å². The van der Waals surface area contributed by atoms with E-state index in [1.165, 1.54) is 0 Å². The molecule has 12 heavy (non-hydrogen) atoms. The van der Waals surface area contributed by atoms with Gasteiger partial charge in [0.05, 0.1) is 0 Å². The van der Waals surface area contributed by atoms with Crippen LogP contribution in [0.25, 0.3) is 6.08 Å². The summed E-state index contributed by atoms with van der Waals surface area (Å²) in [6, 6.07) is 5.50. The Balaban J connectivity index is 3.34. The molecule has 0 bridgehead atoms. The van der Waals surface area contributed by atoms with Crippen LogP contribution in [-0.4, -0.2) is 0 Å². The van der Waals surface area contributed by atoms with E-state index in [0.29, 0.717) is 0 Å². The summed E-state index contributed by atoms with van der Waals surface area (Å²) in [6.07, 6.45) is 12.2. The van der Waals surface area contributed by atoms with E-state index in [0.717, 1.165) is 16.7 Å². The predicted molar refractivity (Wildman–Crippen MR) is 52.4 cm³/mol. The molecular formula is C12H8. The Bertz CT molecular complexity index is 383. The second-order valence-corrected chi connectivity index (χ2v) is 2.29. The van der Waals surface area contributed by atoms with Gasteiger partial charge in [-0.15, -0.1) is 12.8 Å². The lowest BCUT2D eigenvalue weighted by molar-refractivity contribution is 1.57. The molecule has 0 heteroatoms. The number of benzene rings is 1. The van der Waals surface area contributed by atoms with Gasteiger partial charge < -0.3 is 0 Å². The van der Waals surface area contributed by atoms with Gasteiger partial charge in [0.2, 0.25) is 0 Å². The minimum Gasteiger partial charge on any atom is -0.115 e. The van der Waals surface area contributed by atoms with Gasteiger partial charge >= 0.3 is 0 Å². The molecule has 0 aliphatic carbocycles. The Hall–Kier alpha value is -1.92. The van der Waals surface area contributed by atoms with Gasteiger partial charge in [0.15, 0.2) is 0 Å². The fraction of sp³-hybridized carbons (Fsp3) is 0. The first-order valence-corrected chi connectivity index (χ1v) is 3.51. The number of hydrogen-bond acceptors (Lipinski definition) is 0. The lowest BCUT2D eigenvalue weighted by Gasteiger charge is -1.98. The number of terminal acetylenes is 2. The fourth-order valence-corrected chi connectivity index (χ4v) is 0.953. The summed E-state index contributed by atoms with van der Waals surface area (Å²) in [7, 11) is 0. The Labute approximate surface area is 72.9 Å². The number of rotatable bonds is 1. The second kappa shape index (κ2) is 3.46. The lowest BCUT2D eigenvalue weighted by atomic mass is 10.0. The minimum absolute atomic E-state index is 0.823. The van der Waals surface area contributed by atoms with Crippen molar-refractivity contribution >= 4 is 6.08 Å². The summed E-state index contributed by atoms with van der Waals surface area (Å²) in [5, 5.41) is 0. The Morgan fingerprint density at radius 3 is 2.50 bits per heavy atom. The van der Waals surface area contributed by atoms with E-state index in [9.17, 15) is 0 Å². The van der Waals surface area contributed by atoms with Crippen LogP contribution < -0.4 is 0 Å². The number of hydrogen-bond donors (Lipinski definition) is 0. The third kappa shape index (κ3) is 1.39. The zero-order chi connectivity index (χ0) is 8.97. The van der Waals surface area contributed by atoms with Crippen molar-refractivity contribution in [3.05, 3.63) is 41.5 Å². The summed E-state index contributed by atoms with van der Waals surface area (Å²) in [4.78, 5) is 0. The fourth-order valence-electron chi connectivity index (χ4n) is 0.953. The molecule has 0 spiro atoms. The SMILES string of the molecule is C#Cc1ccc(C#C)c(C=C)c1. The average molecular weight is 152 g/mol. The molecule has 0 aliphatic rings. The molecule has 0 aromatic heterocycles. The molecule has 0 amide bonds. The van der Waals surface area contributed by atoms with Crippen LogP contribution in [0.15, 0.2) is 24.8 Å². The van der Waals surface area contributed by atoms with Crippen molar-refractivity contribution in [2.45, 2.75) is 0 Å². The molecule has 0 saturated carbocycles. The predicted octanol–water partition coefficient (Wildman–Crippen LogP) is 2.29. The molecule has 0 unspecified atom stereocenters. The molecule has 0 fully saturated rings. The summed E-state index contributed by atoms with van der Waals surface area (Å²) in [5.74, 6) is 5.09. The van der Waals surface area contributed by atoms with E-state index in [1.54, 1.807) is 6.08 Å². The van der Waals surface area contributed by atoms with Crippen LogP contribution in [0.3, 0.4) is 0 Å². The first-order valence-electron chi connectivity index (χ1n) is 3.51. The topological polar surface area (TPSA) is 0 Å². The molecule has 0 aliphatic heterocycles. The molecule has 0 heterocycles. The van der Waals surface area contributed by atoms with Gasteiger partial charge in [0.1, 0.15) is 0 Å².